The Balaban J connectivity index is 1.83. The number of rotatable bonds is 5. The minimum absolute atomic E-state index is 0.0306. The zero-order chi connectivity index (χ0) is 16.7. The van der Waals surface area contributed by atoms with E-state index in [1.54, 1.807) is 49.5 Å². The topological polar surface area (TPSA) is 86.4 Å². The number of hydrazine groups is 1. The minimum Gasteiger partial charge on any atom is -0.349 e. The number of carbonyl (C=O) groups is 2. The van der Waals surface area contributed by atoms with Gasteiger partial charge in [0.25, 0.3) is 0 Å². The van der Waals surface area contributed by atoms with E-state index in [9.17, 15) is 9.59 Å². The zero-order valence-electron chi connectivity index (χ0n) is 13.0. The van der Waals surface area contributed by atoms with Crippen LogP contribution in [0.15, 0.2) is 48.7 Å². The van der Waals surface area contributed by atoms with Gasteiger partial charge in [0.05, 0.1) is 6.42 Å². The van der Waals surface area contributed by atoms with Crippen LogP contribution in [0.25, 0.3) is 0 Å². The van der Waals surface area contributed by atoms with Gasteiger partial charge in [0.2, 0.25) is 5.91 Å². The molecule has 0 unspecified atom stereocenters. The highest BCUT2D eigenvalue weighted by atomic mass is 16.2. The molecular weight excluding hydrogens is 294 g/mol. The molecular formula is C16H19N5O2. The Kier molecular flexibility index (Phi) is 5.51. The third-order valence-electron chi connectivity index (χ3n) is 3.03. The average molecular weight is 313 g/mol. The third-order valence-corrected chi connectivity index (χ3v) is 3.03. The molecule has 0 saturated heterocycles. The third kappa shape index (κ3) is 5.31. The second kappa shape index (κ2) is 7.79. The second-order valence-corrected chi connectivity index (χ2v) is 5.08. The van der Waals surface area contributed by atoms with Crippen LogP contribution in [-0.4, -0.2) is 35.9 Å². The SMILES string of the molecule is CN(C)C(=O)Cc1ccc(NC(=O)NNc2ccccn2)cc1. The van der Waals surface area contributed by atoms with Gasteiger partial charge in [0.1, 0.15) is 5.82 Å². The van der Waals surface area contributed by atoms with Gasteiger partial charge in [-0.15, -0.1) is 0 Å². The molecule has 2 aromatic rings. The Bertz CT molecular complexity index is 656. The lowest BCUT2D eigenvalue weighted by Crippen LogP contribution is -2.33. The maximum Gasteiger partial charge on any atom is 0.337 e. The number of pyridine rings is 1. The van der Waals surface area contributed by atoms with Gasteiger partial charge in [-0.3, -0.25) is 15.6 Å². The molecule has 1 heterocycles. The number of amides is 3. The number of urea groups is 1. The standard InChI is InChI=1S/C16H19N5O2/c1-21(2)15(22)11-12-6-8-13(9-7-12)18-16(23)20-19-14-5-3-4-10-17-14/h3-10H,11H2,1-2H3,(H,17,19)(H2,18,20,23). The quantitative estimate of drug-likeness (QED) is 0.735. The van der Waals surface area contributed by atoms with Crippen molar-refractivity contribution >= 4 is 23.4 Å². The molecule has 0 bridgehead atoms. The predicted octanol–water partition coefficient (Wildman–Crippen LogP) is 1.86. The summed E-state index contributed by atoms with van der Waals surface area (Å²) in [6, 6.07) is 12.0. The lowest BCUT2D eigenvalue weighted by atomic mass is 10.1. The highest BCUT2D eigenvalue weighted by Crippen LogP contribution is 2.10. The van der Waals surface area contributed by atoms with E-state index in [1.165, 1.54) is 0 Å². The van der Waals surface area contributed by atoms with Gasteiger partial charge in [-0.05, 0) is 29.8 Å². The smallest absolute Gasteiger partial charge is 0.337 e. The normalized spacial score (nSPS) is 9.83. The van der Waals surface area contributed by atoms with E-state index < -0.39 is 6.03 Å². The monoisotopic (exact) mass is 313 g/mol. The van der Waals surface area contributed by atoms with Crippen LogP contribution in [0.5, 0.6) is 0 Å². The summed E-state index contributed by atoms with van der Waals surface area (Å²) in [5.74, 6) is 0.572. The van der Waals surface area contributed by atoms with Crippen LogP contribution in [0.4, 0.5) is 16.3 Å². The summed E-state index contributed by atoms with van der Waals surface area (Å²) >= 11 is 0. The Hall–Kier alpha value is -3.09. The molecule has 0 aliphatic carbocycles. The number of nitrogens with one attached hydrogen (secondary N) is 3. The molecule has 0 radical (unpaired) electrons. The van der Waals surface area contributed by atoms with E-state index in [-0.39, 0.29) is 5.91 Å². The molecule has 0 saturated carbocycles. The van der Waals surface area contributed by atoms with Crippen LogP contribution in [-0.2, 0) is 11.2 Å². The summed E-state index contributed by atoms with van der Waals surface area (Å²) in [6.07, 6.45) is 1.95. The van der Waals surface area contributed by atoms with Crippen molar-refractivity contribution in [2.24, 2.45) is 0 Å². The van der Waals surface area contributed by atoms with Gasteiger partial charge in [-0.25, -0.2) is 9.78 Å². The summed E-state index contributed by atoms with van der Waals surface area (Å²) in [5, 5.41) is 2.68. The molecule has 0 fully saturated rings. The number of carbonyl (C=O) groups excluding carboxylic acids is 2. The Morgan fingerprint density at radius 1 is 1.09 bits per heavy atom. The summed E-state index contributed by atoms with van der Waals surface area (Å²) in [6.45, 7) is 0. The molecule has 1 aromatic heterocycles. The van der Waals surface area contributed by atoms with Crippen molar-refractivity contribution in [1.82, 2.24) is 15.3 Å². The predicted molar refractivity (Wildman–Crippen MR) is 88.9 cm³/mol. The first kappa shape index (κ1) is 16.3. The molecule has 23 heavy (non-hydrogen) atoms. The van der Waals surface area contributed by atoms with Crippen LogP contribution in [0, 0.1) is 0 Å². The molecule has 0 atom stereocenters. The van der Waals surface area contributed by atoms with Gasteiger partial charge in [-0.2, -0.15) is 0 Å². The van der Waals surface area contributed by atoms with Crippen LogP contribution in [0.3, 0.4) is 0 Å². The minimum atomic E-state index is -0.409. The van der Waals surface area contributed by atoms with Gasteiger partial charge >= 0.3 is 6.03 Å². The largest absolute Gasteiger partial charge is 0.349 e. The first-order chi connectivity index (χ1) is 11.0. The van der Waals surface area contributed by atoms with Crippen molar-refractivity contribution < 1.29 is 9.59 Å². The number of nitrogens with zero attached hydrogens (tertiary/aromatic N) is 2. The number of aromatic nitrogens is 1. The van der Waals surface area contributed by atoms with Gasteiger partial charge in [-0.1, -0.05) is 18.2 Å². The highest BCUT2D eigenvalue weighted by Gasteiger charge is 2.06. The lowest BCUT2D eigenvalue weighted by molar-refractivity contribution is -0.127. The molecule has 7 heteroatoms. The number of hydrogen-bond acceptors (Lipinski definition) is 4. The lowest BCUT2D eigenvalue weighted by Gasteiger charge is -2.11. The van der Waals surface area contributed by atoms with Gasteiger partial charge in [0, 0.05) is 26.0 Å². The Morgan fingerprint density at radius 3 is 2.43 bits per heavy atom. The van der Waals surface area contributed by atoms with Crippen LogP contribution >= 0.6 is 0 Å². The van der Waals surface area contributed by atoms with E-state index in [1.807, 2.05) is 18.2 Å². The van der Waals surface area contributed by atoms with Gasteiger partial charge in [0.15, 0.2) is 0 Å². The fourth-order valence-electron chi connectivity index (χ4n) is 1.76. The van der Waals surface area contributed by atoms with Crippen molar-refractivity contribution in [2.45, 2.75) is 6.42 Å². The summed E-state index contributed by atoms with van der Waals surface area (Å²) in [7, 11) is 3.44. The van der Waals surface area contributed by atoms with Crippen LogP contribution in [0.1, 0.15) is 5.56 Å². The fraction of sp³-hybridized carbons (Fsp3) is 0.188. The Morgan fingerprint density at radius 2 is 1.83 bits per heavy atom. The zero-order valence-corrected chi connectivity index (χ0v) is 13.0. The highest BCUT2D eigenvalue weighted by molar-refractivity contribution is 5.90. The van der Waals surface area contributed by atoms with E-state index in [0.717, 1.165) is 5.56 Å². The van der Waals surface area contributed by atoms with E-state index in [4.69, 9.17) is 0 Å². The molecule has 7 nitrogen and oxygen atoms in total. The maximum absolute atomic E-state index is 11.8. The number of likely N-dealkylation sites (N-methyl/N-ethyl adjacent to an activating group) is 1. The van der Waals surface area contributed by atoms with Crippen LogP contribution < -0.4 is 16.2 Å². The molecule has 120 valence electrons. The van der Waals surface area contributed by atoms with Crippen molar-refractivity contribution in [1.29, 1.82) is 0 Å². The summed E-state index contributed by atoms with van der Waals surface area (Å²) in [5.41, 5.74) is 6.70. The molecule has 3 amide bonds. The molecule has 1 aromatic carbocycles. The molecule has 0 spiro atoms. The van der Waals surface area contributed by atoms with Gasteiger partial charge < -0.3 is 10.2 Å². The van der Waals surface area contributed by atoms with Crippen molar-refractivity contribution in [2.75, 3.05) is 24.8 Å². The van der Waals surface area contributed by atoms with Crippen molar-refractivity contribution in [3.05, 3.63) is 54.2 Å². The van der Waals surface area contributed by atoms with E-state index >= 15 is 0 Å². The van der Waals surface area contributed by atoms with E-state index in [0.29, 0.717) is 17.9 Å². The molecule has 3 N–H and O–H groups in total. The van der Waals surface area contributed by atoms with Crippen molar-refractivity contribution in [3.8, 4) is 0 Å². The van der Waals surface area contributed by atoms with E-state index in [2.05, 4.69) is 21.2 Å². The Labute approximate surface area is 134 Å². The van der Waals surface area contributed by atoms with Crippen LogP contribution in [0.2, 0.25) is 0 Å². The summed E-state index contributed by atoms with van der Waals surface area (Å²) < 4.78 is 0. The van der Waals surface area contributed by atoms with Crippen molar-refractivity contribution in [3.63, 3.8) is 0 Å². The molecule has 0 aliphatic heterocycles. The first-order valence-electron chi connectivity index (χ1n) is 7.08. The molecule has 2 rings (SSSR count). The fourth-order valence-corrected chi connectivity index (χ4v) is 1.76. The number of anilines is 2. The first-order valence-corrected chi connectivity index (χ1v) is 7.08. The average Bonchev–Trinajstić information content (AvgIpc) is 2.55. The summed E-state index contributed by atoms with van der Waals surface area (Å²) in [4.78, 5) is 29.0. The maximum atomic E-state index is 11.8. The number of benzene rings is 1. The second-order valence-electron chi connectivity index (χ2n) is 5.08. The molecule has 0 aliphatic rings. The number of hydrogen-bond donors (Lipinski definition) is 3.